The molecule has 1 aliphatic rings. The zero-order chi connectivity index (χ0) is 13.0. The van der Waals surface area contributed by atoms with E-state index in [0.29, 0.717) is 12.5 Å². The van der Waals surface area contributed by atoms with Gasteiger partial charge in [0.15, 0.2) is 0 Å². The van der Waals surface area contributed by atoms with Crippen molar-refractivity contribution < 1.29 is 4.79 Å². The van der Waals surface area contributed by atoms with Crippen molar-refractivity contribution in [3.63, 3.8) is 0 Å². The van der Waals surface area contributed by atoms with E-state index in [9.17, 15) is 4.79 Å². The summed E-state index contributed by atoms with van der Waals surface area (Å²) in [6.45, 7) is 1.81. The molecule has 0 spiro atoms. The molecule has 0 bridgehead atoms. The van der Waals surface area contributed by atoms with Crippen molar-refractivity contribution in [3.8, 4) is 0 Å². The Hall–Kier alpha value is -0.290. The summed E-state index contributed by atoms with van der Waals surface area (Å²) < 4.78 is 0.798. The lowest BCUT2D eigenvalue weighted by Crippen LogP contribution is -2.40. The van der Waals surface area contributed by atoms with Crippen LogP contribution in [0.25, 0.3) is 0 Å². The first-order valence-corrected chi connectivity index (χ1v) is 7.58. The van der Waals surface area contributed by atoms with E-state index >= 15 is 0 Å². The fourth-order valence-corrected chi connectivity index (χ4v) is 3.56. The highest BCUT2D eigenvalue weighted by molar-refractivity contribution is 7.16. The molecule has 6 heteroatoms. The highest BCUT2D eigenvalue weighted by Crippen LogP contribution is 2.23. The molecular formula is C13H20Cl2N2OS. The topological polar surface area (TPSA) is 32.3 Å². The zero-order valence-corrected chi connectivity index (χ0v) is 13.4. The van der Waals surface area contributed by atoms with Crippen LogP contribution >= 0.6 is 35.3 Å². The number of hydrogen-bond donors (Lipinski definition) is 1. The minimum atomic E-state index is 0. The SMILES string of the molecule is CNCC1CCCN1C(=O)CCc1ccc(Cl)s1.Cl. The van der Waals surface area contributed by atoms with Gasteiger partial charge in [0.2, 0.25) is 5.91 Å². The van der Waals surface area contributed by atoms with Gasteiger partial charge in [0, 0.05) is 30.4 Å². The van der Waals surface area contributed by atoms with Crippen LogP contribution in [0.15, 0.2) is 12.1 Å². The van der Waals surface area contributed by atoms with Crippen LogP contribution in [-0.4, -0.2) is 37.0 Å². The molecule has 1 amide bonds. The van der Waals surface area contributed by atoms with Gasteiger partial charge in [-0.2, -0.15) is 0 Å². The largest absolute Gasteiger partial charge is 0.338 e. The number of thiophene rings is 1. The fourth-order valence-electron chi connectivity index (χ4n) is 2.47. The van der Waals surface area contributed by atoms with E-state index in [-0.39, 0.29) is 18.3 Å². The van der Waals surface area contributed by atoms with Crippen molar-refractivity contribution in [1.29, 1.82) is 0 Å². The minimum absolute atomic E-state index is 0. The normalized spacial score (nSPS) is 18.4. The number of aryl methyl sites for hydroxylation is 1. The second-order valence-corrected chi connectivity index (χ2v) is 6.45. The van der Waals surface area contributed by atoms with Crippen LogP contribution in [0.1, 0.15) is 24.1 Å². The lowest BCUT2D eigenvalue weighted by Gasteiger charge is -2.24. The van der Waals surface area contributed by atoms with Gasteiger partial charge in [-0.3, -0.25) is 4.79 Å². The van der Waals surface area contributed by atoms with Gasteiger partial charge in [-0.1, -0.05) is 11.6 Å². The van der Waals surface area contributed by atoms with Crippen LogP contribution in [0.3, 0.4) is 0 Å². The molecule has 0 aromatic carbocycles. The molecule has 1 atom stereocenters. The van der Waals surface area contributed by atoms with E-state index in [1.54, 1.807) is 11.3 Å². The predicted molar refractivity (Wildman–Crippen MR) is 83.6 cm³/mol. The summed E-state index contributed by atoms with van der Waals surface area (Å²) in [6, 6.07) is 4.29. The molecule has 108 valence electrons. The molecule has 1 aromatic rings. The highest BCUT2D eigenvalue weighted by Gasteiger charge is 2.27. The predicted octanol–water partition coefficient (Wildman–Crippen LogP) is 2.97. The molecule has 2 rings (SSSR count). The van der Waals surface area contributed by atoms with Gasteiger partial charge in [-0.05, 0) is 38.4 Å². The van der Waals surface area contributed by atoms with Gasteiger partial charge in [-0.25, -0.2) is 0 Å². The molecule has 1 N–H and O–H groups in total. The second kappa shape index (κ2) is 8.10. The summed E-state index contributed by atoms with van der Waals surface area (Å²) in [6.07, 6.45) is 3.65. The molecule has 0 radical (unpaired) electrons. The van der Waals surface area contributed by atoms with E-state index in [2.05, 4.69) is 5.32 Å². The van der Waals surface area contributed by atoms with Crippen molar-refractivity contribution in [2.45, 2.75) is 31.7 Å². The monoisotopic (exact) mass is 322 g/mol. The van der Waals surface area contributed by atoms with Crippen LogP contribution < -0.4 is 5.32 Å². The van der Waals surface area contributed by atoms with Crippen LogP contribution in [0.2, 0.25) is 4.34 Å². The third-order valence-electron chi connectivity index (χ3n) is 3.35. The number of likely N-dealkylation sites (N-methyl/N-ethyl adjacent to an activating group) is 1. The standard InChI is InChI=1S/C13H19ClN2OS.ClH/c1-15-9-10-3-2-8-16(10)13(17)7-5-11-4-6-12(14)18-11;/h4,6,10,15H,2-3,5,7-9H2,1H3;1H. The maximum absolute atomic E-state index is 12.2. The molecule has 1 aromatic heterocycles. The molecular weight excluding hydrogens is 303 g/mol. The number of carbonyl (C=O) groups is 1. The summed E-state index contributed by atoms with van der Waals surface area (Å²) >= 11 is 7.45. The number of rotatable bonds is 5. The molecule has 1 aliphatic heterocycles. The first kappa shape index (κ1) is 16.8. The molecule has 0 saturated carbocycles. The Kier molecular flexibility index (Phi) is 7.15. The maximum atomic E-state index is 12.2. The summed E-state index contributed by atoms with van der Waals surface area (Å²) in [5.74, 6) is 0.275. The summed E-state index contributed by atoms with van der Waals surface area (Å²) in [4.78, 5) is 15.4. The molecule has 1 fully saturated rings. The summed E-state index contributed by atoms with van der Waals surface area (Å²) in [5, 5.41) is 3.16. The van der Waals surface area contributed by atoms with Gasteiger partial charge < -0.3 is 10.2 Å². The molecule has 3 nitrogen and oxygen atoms in total. The van der Waals surface area contributed by atoms with Crippen LogP contribution in [-0.2, 0) is 11.2 Å². The van der Waals surface area contributed by atoms with Crippen LogP contribution in [0.4, 0.5) is 0 Å². The van der Waals surface area contributed by atoms with Gasteiger partial charge in [0.05, 0.1) is 4.34 Å². The van der Waals surface area contributed by atoms with Gasteiger partial charge in [0.1, 0.15) is 0 Å². The highest BCUT2D eigenvalue weighted by atomic mass is 35.5. The van der Waals surface area contributed by atoms with Crippen LogP contribution in [0.5, 0.6) is 0 Å². The number of halogens is 2. The van der Waals surface area contributed by atoms with E-state index in [1.165, 1.54) is 4.88 Å². The molecule has 2 heterocycles. The first-order chi connectivity index (χ1) is 8.70. The van der Waals surface area contributed by atoms with Gasteiger partial charge >= 0.3 is 0 Å². The number of nitrogens with zero attached hydrogens (tertiary/aromatic N) is 1. The van der Waals surface area contributed by atoms with E-state index in [1.807, 2.05) is 24.1 Å². The van der Waals surface area contributed by atoms with Crippen molar-refractivity contribution >= 4 is 41.3 Å². The third-order valence-corrected chi connectivity index (χ3v) is 4.64. The maximum Gasteiger partial charge on any atom is 0.223 e. The van der Waals surface area contributed by atoms with Crippen LogP contribution in [0, 0.1) is 0 Å². The number of amides is 1. The minimum Gasteiger partial charge on any atom is -0.338 e. The van der Waals surface area contributed by atoms with Crippen molar-refractivity contribution in [3.05, 3.63) is 21.3 Å². The van der Waals surface area contributed by atoms with E-state index in [0.717, 1.165) is 36.7 Å². The molecule has 1 saturated heterocycles. The number of carbonyl (C=O) groups excluding carboxylic acids is 1. The quantitative estimate of drug-likeness (QED) is 0.903. The lowest BCUT2D eigenvalue weighted by atomic mass is 10.2. The van der Waals surface area contributed by atoms with Gasteiger partial charge in [-0.15, -0.1) is 23.7 Å². The van der Waals surface area contributed by atoms with E-state index in [4.69, 9.17) is 11.6 Å². The Balaban J connectivity index is 0.00000180. The first-order valence-electron chi connectivity index (χ1n) is 6.39. The van der Waals surface area contributed by atoms with Crippen molar-refractivity contribution in [1.82, 2.24) is 10.2 Å². The molecule has 0 aliphatic carbocycles. The number of hydrogen-bond acceptors (Lipinski definition) is 3. The Morgan fingerprint density at radius 1 is 1.58 bits per heavy atom. The Morgan fingerprint density at radius 3 is 3.00 bits per heavy atom. The fraction of sp³-hybridized carbons (Fsp3) is 0.615. The summed E-state index contributed by atoms with van der Waals surface area (Å²) in [7, 11) is 1.94. The van der Waals surface area contributed by atoms with E-state index < -0.39 is 0 Å². The number of nitrogens with one attached hydrogen (secondary N) is 1. The van der Waals surface area contributed by atoms with Gasteiger partial charge in [0.25, 0.3) is 0 Å². The average molecular weight is 323 g/mol. The van der Waals surface area contributed by atoms with Crippen molar-refractivity contribution in [2.75, 3.05) is 20.1 Å². The smallest absolute Gasteiger partial charge is 0.223 e. The average Bonchev–Trinajstić information content (AvgIpc) is 2.96. The molecule has 19 heavy (non-hydrogen) atoms. The Bertz CT molecular complexity index is 411. The number of likely N-dealkylation sites (tertiary alicyclic amines) is 1. The zero-order valence-electron chi connectivity index (χ0n) is 11.0. The lowest BCUT2D eigenvalue weighted by molar-refractivity contribution is -0.131. The Morgan fingerprint density at radius 2 is 2.37 bits per heavy atom. The Labute approximate surface area is 129 Å². The second-order valence-electron chi connectivity index (χ2n) is 4.65. The van der Waals surface area contributed by atoms with Crippen molar-refractivity contribution in [2.24, 2.45) is 0 Å². The summed E-state index contributed by atoms with van der Waals surface area (Å²) in [5.41, 5.74) is 0. The molecule has 1 unspecified atom stereocenters. The third kappa shape index (κ3) is 4.63.